The molecule has 0 bridgehead atoms. The van der Waals surface area contributed by atoms with Crippen molar-refractivity contribution in [2.75, 3.05) is 7.11 Å². The van der Waals surface area contributed by atoms with Gasteiger partial charge in [0.05, 0.1) is 17.4 Å². The van der Waals surface area contributed by atoms with Gasteiger partial charge in [0.1, 0.15) is 5.75 Å². The minimum Gasteiger partial charge on any atom is -0.497 e. The summed E-state index contributed by atoms with van der Waals surface area (Å²) < 4.78 is 4.98. The van der Waals surface area contributed by atoms with Crippen LogP contribution in [-0.4, -0.2) is 22.3 Å². The van der Waals surface area contributed by atoms with Gasteiger partial charge in [-0.1, -0.05) is 0 Å². The maximum Gasteiger partial charge on any atom is 0.121 e. The summed E-state index contributed by atoms with van der Waals surface area (Å²) in [5.41, 5.74) is 0. The SMILES string of the molecule is COc1ccnc([SiH3])c1. The number of hydrogen-bond donors (Lipinski definition) is 0. The van der Waals surface area contributed by atoms with E-state index < -0.39 is 0 Å². The van der Waals surface area contributed by atoms with Crippen molar-refractivity contribution in [2.24, 2.45) is 0 Å². The zero-order valence-corrected chi connectivity index (χ0v) is 7.59. The van der Waals surface area contributed by atoms with Crippen LogP contribution in [0.3, 0.4) is 0 Å². The quantitative estimate of drug-likeness (QED) is 0.470. The summed E-state index contributed by atoms with van der Waals surface area (Å²) >= 11 is 0. The summed E-state index contributed by atoms with van der Waals surface area (Å²) in [5, 5.41) is 1.12. The number of rotatable bonds is 1. The Morgan fingerprint density at radius 2 is 2.44 bits per heavy atom. The Morgan fingerprint density at radius 3 is 2.89 bits per heavy atom. The summed E-state index contributed by atoms with van der Waals surface area (Å²) in [4.78, 5) is 4.07. The lowest BCUT2D eigenvalue weighted by Crippen LogP contribution is -2.06. The molecule has 0 radical (unpaired) electrons. The third-order valence-corrected chi connectivity index (χ3v) is 1.65. The molecule has 48 valence electrons. The molecule has 2 nitrogen and oxygen atoms in total. The first-order valence-electron chi connectivity index (χ1n) is 2.79. The van der Waals surface area contributed by atoms with Gasteiger partial charge in [0.2, 0.25) is 0 Å². The third kappa shape index (κ3) is 1.53. The lowest BCUT2D eigenvalue weighted by atomic mass is 10.5. The Labute approximate surface area is 57.3 Å². The fraction of sp³-hybridized carbons (Fsp3) is 0.167. The van der Waals surface area contributed by atoms with Crippen molar-refractivity contribution >= 4 is 15.6 Å². The number of ether oxygens (including phenoxy) is 1. The van der Waals surface area contributed by atoms with Gasteiger partial charge in [-0.05, 0) is 12.1 Å². The molecule has 9 heavy (non-hydrogen) atoms. The highest BCUT2D eigenvalue weighted by Gasteiger charge is 1.87. The molecule has 3 heteroatoms. The minimum atomic E-state index is 0.898. The zero-order valence-electron chi connectivity index (χ0n) is 5.59. The standard InChI is InChI=1S/C6H9NOSi/c1-8-5-2-3-7-6(9)4-5/h2-4H,1,9H3. The molecule has 0 aliphatic carbocycles. The van der Waals surface area contributed by atoms with E-state index in [2.05, 4.69) is 4.98 Å². The molecule has 0 aliphatic rings. The van der Waals surface area contributed by atoms with Crippen LogP contribution in [0.1, 0.15) is 0 Å². The molecule has 1 aromatic heterocycles. The first kappa shape index (κ1) is 6.29. The van der Waals surface area contributed by atoms with Crippen LogP contribution in [0.2, 0.25) is 0 Å². The highest BCUT2D eigenvalue weighted by atomic mass is 28.1. The van der Waals surface area contributed by atoms with Crippen LogP contribution in [0.25, 0.3) is 0 Å². The van der Waals surface area contributed by atoms with Gasteiger partial charge in [-0.3, -0.25) is 4.98 Å². The molecule has 0 N–H and O–H groups in total. The van der Waals surface area contributed by atoms with Crippen LogP contribution in [0, 0.1) is 0 Å². The molecule has 0 saturated carbocycles. The van der Waals surface area contributed by atoms with Crippen molar-refractivity contribution in [3.8, 4) is 5.75 Å². The number of methoxy groups -OCH3 is 1. The fourth-order valence-electron chi connectivity index (χ4n) is 0.647. The molecule has 1 aromatic rings. The highest BCUT2D eigenvalue weighted by Crippen LogP contribution is 2.02. The second-order valence-corrected chi connectivity index (χ2v) is 2.86. The number of pyridine rings is 1. The molecular weight excluding hydrogens is 130 g/mol. The van der Waals surface area contributed by atoms with Crippen molar-refractivity contribution < 1.29 is 4.74 Å². The van der Waals surface area contributed by atoms with Crippen molar-refractivity contribution in [1.29, 1.82) is 0 Å². The van der Waals surface area contributed by atoms with Crippen molar-refractivity contribution in [2.45, 2.75) is 0 Å². The second kappa shape index (κ2) is 2.64. The van der Waals surface area contributed by atoms with Gasteiger partial charge in [0.15, 0.2) is 0 Å². The Hall–Kier alpha value is -0.833. The van der Waals surface area contributed by atoms with Gasteiger partial charge in [0.25, 0.3) is 0 Å². The molecule has 0 saturated heterocycles. The molecular formula is C6H9NOSi. The van der Waals surface area contributed by atoms with Crippen LogP contribution in [0.15, 0.2) is 18.3 Å². The van der Waals surface area contributed by atoms with Crippen LogP contribution in [0.4, 0.5) is 0 Å². The van der Waals surface area contributed by atoms with E-state index in [1.807, 2.05) is 12.1 Å². The Kier molecular flexibility index (Phi) is 1.84. The molecule has 0 aromatic carbocycles. The van der Waals surface area contributed by atoms with Crippen molar-refractivity contribution in [3.63, 3.8) is 0 Å². The van der Waals surface area contributed by atoms with Crippen LogP contribution >= 0.6 is 0 Å². The third-order valence-electron chi connectivity index (χ3n) is 1.10. The van der Waals surface area contributed by atoms with Gasteiger partial charge in [-0.2, -0.15) is 0 Å². The van der Waals surface area contributed by atoms with Gasteiger partial charge in [-0.25, -0.2) is 0 Å². The number of nitrogens with zero attached hydrogens (tertiary/aromatic N) is 1. The molecule has 0 unspecified atom stereocenters. The van der Waals surface area contributed by atoms with E-state index >= 15 is 0 Å². The molecule has 1 heterocycles. The Morgan fingerprint density at radius 1 is 1.67 bits per heavy atom. The predicted octanol–water partition coefficient (Wildman–Crippen LogP) is -0.919. The van der Waals surface area contributed by atoms with E-state index in [0.29, 0.717) is 0 Å². The summed E-state index contributed by atoms with van der Waals surface area (Å²) in [5.74, 6) is 0.898. The average Bonchev–Trinajstić information content (AvgIpc) is 1.88. The highest BCUT2D eigenvalue weighted by molar-refractivity contribution is 6.30. The predicted molar refractivity (Wildman–Crippen MR) is 40.4 cm³/mol. The van der Waals surface area contributed by atoms with E-state index in [1.54, 1.807) is 13.3 Å². The van der Waals surface area contributed by atoms with E-state index in [4.69, 9.17) is 4.74 Å². The van der Waals surface area contributed by atoms with E-state index in [0.717, 1.165) is 21.3 Å². The largest absolute Gasteiger partial charge is 0.497 e. The summed E-state index contributed by atoms with van der Waals surface area (Å²) in [7, 11) is 2.65. The van der Waals surface area contributed by atoms with Crippen molar-refractivity contribution in [3.05, 3.63) is 18.3 Å². The smallest absolute Gasteiger partial charge is 0.121 e. The molecule has 1 rings (SSSR count). The van der Waals surface area contributed by atoms with Crippen LogP contribution in [-0.2, 0) is 0 Å². The topological polar surface area (TPSA) is 22.1 Å². The Bertz CT molecular complexity index is 202. The maximum atomic E-state index is 4.98. The summed E-state index contributed by atoms with van der Waals surface area (Å²) in [6, 6.07) is 3.80. The summed E-state index contributed by atoms with van der Waals surface area (Å²) in [6.07, 6.45) is 1.77. The summed E-state index contributed by atoms with van der Waals surface area (Å²) in [6.45, 7) is 0. The molecule has 0 atom stereocenters. The fourth-order valence-corrected chi connectivity index (χ4v) is 1.08. The van der Waals surface area contributed by atoms with E-state index in [1.165, 1.54) is 0 Å². The van der Waals surface area contributed by atoms with Gasteiger partial charge >= 0.3 is 0 Å². The number of aromatic nitrogens is 1. The molecule has 0 aliphatic heterocycles. The van der Waals surface area contributed by atoms with Gasteiger partial charge < -0.3 is 4.74 Å². The van der Waals surface area contributed by atoms with E-state index in [9.17, 15) is 0 Å². The van der Waals surface area contributed by atoms with Gasteiger partial charge in [-0.15, -0.1) is 0 Å². The maximum absolute atomic E-state index is 4.98. The van der Waals surface area contributed by atoms with E-state index in [-0.39, 0.29) is 0 Å². The zero-order chi connectivity index (χ0) is 6.69. The monoisotopic (exact) mass is 139 g/mol. The van der Waals surface area contributed by atoms with Crippen molar-refractivity contribution in [1.82, 2.24) is 4.98 Å². The van der Waals surface area contributed by atoms with Gasteiger partial charge in [0, 0.05) is 11.5 Å². The molecule has 0 amide bonds. The Balaban J connectivity index is 2.94. The number of hydrogen-bond acceptors (Lipinski definition) is 2. The average molecular weight is 139 g/mol. The molecule has 0 fully saturated rings. The van der Waals surface area contributed by atoms with Crippen LogP contribution < -0.4 is 10.1 Å². The second-order valence-electron chi connectivity index (χ2n) is 1.84. The van der Waals surface area contributed by atoms with Crippen LogP contribution in [0.5, 0.6) is 5.75 Å². The minimum absolute atomic E-state index is 0.898. The lowest BCUT2D eigenvalue weighted by molar-refractivity contribution is 0.414. The first-order chi connectivity index (χ1) is 4.33. The molecule has 0 spiro atoms. The first-order valence-corrected chi connectivity index (χ1v) is 3.79. The normalized spacial score (nSPS) is 9.44. The lowest BCUT2D eigenvalue weighted by Gasteiger charge is -1.97.